The fraction of sp³-hybridized carbons (Fsp3) is 0.412. The molecule has 0 radical (unpaired) electrons. The lowest BCUT2D eigenvalue weighted by molar-refractivity contribution is 0.681. The Morgan fingerprint density at radius 3 is 2.86 bits per heavy atom. The highest BCUT2D eigenvalue weighted by Crippen LogP contribution is 2.23. The van der Waals surface area contributed by atoms with Gasteiger partial charge in [-0.25, -0.2) is 0 Å². The smallest absolute Gasteiger partial charge is 0.0602 e. The summed E-state index contributed by atoms with van der Waals surface area (Å²) in [5, 5.41) is 3.59. The number of nitrogens with zero attached hydrogens (tertiary/aromatic N) is 3. The molecular formula is C17H22N4. The zero-order valence-corrected chi connectivity index (χ0v) is 12.5. The lowest BCUT2D eigenvalue weighted by Crippen LogP contribution is -2.25. The highest BCUT2D eigenvalue weighted by atomic mass is 15.1. The summed E-state index contributed by atoms with van der Waals surface area (Å²) in [4.78, 5) is 11.1. The predicted molar refractivity (Wildman–Crippen MR) is 85.1 cm³/mol. The van der Waals surface area contributed by atoms with Gasteiger partial charge in [-0.15, -0.1) is 0 Å². The van der Waals surface area contributed by atoms with Gasteiger partial charge in [0.15, 0.2) is 0 Å². The van der Waals surface area contributed by atoms with E-state index in [1.807, 2.05) is 30.7 Å². The number of pyridine rings is 2. The van der Waals surface area contributed by atoms with Crippen LogP contribution in [0.4, 0.5) is 5.69 Å². The Morgan fingerprint density at radius 2 is 2.14 bits per heavy atom. The minimum Gasteiger partial charge on any atom is -0.364 e. The molecule has 2 heterocycles. The first-order valence-electron chi connectivity index (χ1n) is 7.68. The number of nitrogens with one attached hydrogen (secondary N) is 1. The third-order valence-electron chi connectivity index (χ3n) is 3.85. The highest BCUT2D eigenvalue weighted by Gasteiger charge is 2.21. The van der Waals surface area contributed by atoms with Crippen LogP contribution in [-0.2, 0) is 13.1 Å². The standard InChI is InChI=1S/C17H22N4/c1-2-21(13-16-5-3-4-9-19-16)17-12-18-10-8-14(17)11-20-15-6-7-15/h3-5,8-10,12,15,20H,2,6-7,11,13H2,1H3. The van der Waals surface area contributed by atoms with Gasteiger partial charge in [0, 0.05) is 31.5 Å². The lowest BCUT2D eigenvalue weighted by atomic mass is 10.2. The second-order valence-electron chi connectivity index (χ2n) is 5.49. The van der Waals surface area contributed by atoms with Crippen molar-refractivity contribution in [1.82, 2.24) is 15.3 Å². The summed E-state index contributed by atoms with van der Waals surface area (Å²) in [7, 11) is 0. The summed E-state index contributed by atoms with van der Waals surface area (Å²) in [5.74, 6) is 0. The van der Waals surface area contributed by atoms with Crippen molar-refractivity contribution in [2.75, 3.05) is 11.4 Å². The molecule has 0 spiro atoms. The van der Waals surface area contributed by atoms with Gasteiger partial charge in [0.05, 0.1) is 24.1 Å². The van der Waals surface area contributed by atoms with Crippen molar-refractivity contribution in [1.29, 1.82) is 0 Å². The Bertz CT molecular complexity index is 566. The summed E-state index contributed by atoms with van der Waals surface area (Å²) in [6.45, 7) is 4.85. The second-order valence-corrected chi connectivity index (χ2v) is 5.49. The molecule has 1 N–H and O–H groups in total. The summed E-state index contributed by atoms with van der Waals surface area (Å²) in [5.41, 5.74) is 3.61. The maximum Gasteiger partial charge on any atom is 0.0602 e. The molecule has 2 aromatic rings. The average molecular weight is 282 g/mol. The van der Waals surface area contributed by atoms with Crippen molar-refractivity contribution in [3.63, 3.8) is 0 Å². The molecule has 0 bridgehead atoms. The molecule has 2 aromatic heterocycles. The molecule has 1 aliphatic rings. The molecule has 0 saturated heterocycles. The quantitative estimate of drug-likeness (QED) is 0.848. The molecule has 110 valence electrons. The van der Waals surface area contributed by atoms with E-state index in [2.05, 4.69) is 39.2 Å². The van der Waals surface area contributed by atoms with E-state index in [-0.39, 0.29) is 0 Å². The summed E-state index contributed by atoms with van der Waals surface area (Å²) in [6, 6.07) is 8.90. The van der Waals surface area contributed by atoms with Crippen molar-refractivity contribution in [2.45, 2.75) is 38.9 Å². The van der Waals surface area contributed by atoms with Gasteiger partial charge in [0.1, 0.15) is 0 Å². The van der Waals surface area contributed by atoms with Crippen LogP contribution in [0.25, 0.3) is 0 Å². The lowest BCUT2D eigenvalue weighted by Gasteiger charge is -2.25. The van der Waals surface area contributed by atoms with Gasteiger partial charge in [0.2, 0.25) is 0 Å². The predicted octanol–water partition coefficient (Wildman–Crippen LogP) is 2.76. The summed E-state index contributed by atoms with van der Waals surface area (Å²) in [6.07, 6.45) is 8.32. The van der Waals surface area contributed by atoms with E-state index in [0.29, 0.717) is 0 Å². The van der Waals surface area contributed by atoms with Crippen LogP contribution in [-0.4, -0.2) is 22.6 Å². The summed E-state index contributed by atoms with van der Waals surface area (Å²) >= 11 is 0. The number of rotatable bonds is 7. The molecule has 0 atom stereocenters. The molecule has 4 heteroatoms. The van der Waals surface area contributed by atoms with E-state index in [9.17, 15) is 0 Å². The van der Waals surface area contributed by atoms with Crippen LogP contribution in [0.3, 0.4) is 0 Å². The maximum atomic E-state index is 4.43. The first-order chi connectivity index (χ1) is 10.4. The van der Waals surface area contributed by atoms with Gasteiger partial charge < -0.3 is 10.2 Å². The minimum atomic E-state index is 0.719. The third kappa shape index (κ3) is 3.79. The molecule has 0 amide bonds. The van der Waals surface area contributed by atoms with E-state index in [1.165, 1.54) is 24.1 Å². The van der Waals surface area contributed by atoms with Crippen molar-refractivity contribution in [3.8, 4) is 0 Å². The summed E-state index contributed by atoms with van der Waals surface area (Å²) < 4.78 is 0. The van der Waals surface area contributed by atoms with Crippen molar-refractivity contribution in [3.05, 3.63) is 54.1 Å². The molecule has 0 unspecified atom stereocenters. The number of anilines is 1. The Hall–Kier alpha value is -1.94. The van der Waals surface area contributed by atoms with E-state index in [4.69, 9.17) is 0 Å². The monoisotopic (exact) mass is 282 g/mol. The highest BCUT2D eigenvalue weighted by molar-refractivity contribution is 5.51. The average Bonchev–Trinajstić information content (AvgIpc) is 3.36. The first kappa shape index (κ1) is 14.0. The van der Waals surface area contributed by atoms with Crippen LogP contribution < -0.4 is 10.2 Å². The zero-order chi connectivity index (χ0) is 14.5. The maximum absolute atomic E-state index is 4.43. The first-order valence-corrected chi connectivity index (χ1v) is 7.68. The Morgan fingerprint density at radius 1 is 1.24 bits per heavy atom. The number of aromatic nitrogens is 2. The molecule has 21 heavy (non-hydrogen) atoms. The molecule has 4 nitrogen and oxygen atoms in total. The normalized spacial score (nSPS) is 14.1. The van der Waals surface area contributed by atoms with Crippen LogP contribution in [0.15, 0.2) is 42.9 Å². The van der Waals surface area contributed by atoms with E-state index >= 15 is 0 Å². The largest absolute Gasteiger partial charge is 0.364 e. The molecule has 1 fully saturated rings. The molecular weight excluding hydrogens is 260 g/mol. The molecule has 3 rings (SSSR count). The molecule has 1 saturated carbocycles. The van der Waals surface area contributed by atoms with Crippen LogP contribution >= 0.6 is 0 Å². The van der Waals surface area contributed by atoms with Gasteiger partial charge in [0.25, 0.3) is 0 Å². The Kier molecular flexibility index (Phi) is 4.46. The second kappa shape index (κ2) is 6.68. The van der Waals surface area contributed by atoms with E-state index < -0.39 is 0 Å². The zero-order valence-electron chi connectivity index (χ0n) is 12.5. The van der Waals surface area contributed by atoms with Crippen molar-refractivity contribution < 1.29 is 0 Å². The Balaban J connectivity index is 1.75. The van der Waals surface area contributed by atoms with E-state index in [1.54, 1.807) is 0 Å². The van der Waals surface area contributed by atoms with Crippen molar-refractivity contribution >= 4 is 5.69 Å². The number of hydrogen-bond acceptors (Lipinski definition) is 4. The van der Waals surface area contributed by atoms with Crippen molar-refractivity contribution in [2.24, 2.45) is 0 Å². The van der Waals surface area contributed by atoms with Gasteiger partial charge in [-0.3, -0.25) is 9.97 Å². The van der Waals surface area contributed by atoms with Gasteiger partial charge in [-0.1, -0.05) is 6.07 Å². The van der Waals surface area contributed by atoms with Gasteiger partial charge >= 0.3 is 0 Å². The molecule has 1 aliphatic carbocycles. The SMILES string of the molecule is CCN(Cc1ccccn1)c1cnccc1CNC1CC1. The number of hydrogen-bond donors (Lipinski definition) is 1. The fourth-order valence-corrected chi connectivity index (χ4v) is 2.45. The van der Waals surface area contributed by atoms with Crippen LogP contribution in [0.5, 0.6) is 0 Å². The van der Waals surface area contributed by atoms with Crippen LogP contribution in [0.1, 0.15) is 31.0 Å². The third-order valence-corrected chi connectivity index (χ3v) is 3.85. The van der Waals surface area contributed by atoms with Crippen LogP contribution in [0, 0.1) is 0 Å². The minimum absolute atomic E-state index is 0.719. The fourth-order valence-electron chi connectivity index (χ4n) is 2.45. The van der Waals surface area contributed by atoms with Crippen LogP contribution in [0.2, 0.25) is 0 Å². The Labute approximate surface area is 126 Å². The van der Waals surface area contributed by atoms with Gasteiger partial charge in [-0.2, -0.15) is 0 Å². The van der Waals surface area contributed by atoms with Gasteiger partial charge in [-0.05, 0) is 43.5 Å². The van der Waals surface area contributed by atoms with E-state index in [0.717, 1.165) is 31.4 Å². The topological polar surface area (TPSA) is 41.1 Å². The molecule has 0 aromatic carbocycles. The molecule has 0 aliphatic heterocycles.